The van der Waals surface area contributed by atoms with E-state index in [0.717, 1.165) is 17.8 Å². The minimum absolute atomic E-state index is 0.0565. The Labute approximate surface area is 152 Å². The molecule has 3 heterocycles. The number of hydrogen-bond donors (Lipinski definition) is 1. The molecule has 0 radical (unpaired) electrons. The summed E-state index contributed by atoms with van der Waals surface area (Å²) in [7, 11) is 7.52. The molecule has 0 aromatic carbocycles. The van der Waals surface area contributed by atoms with Gasteiger partial charge in [0.15, 0.2) is 0 Å². The number of pyridine rings is 1. The van der Waals surface area contributed by atoms with Crippen LogP contribution in [-0.4, -0.2) is 67.0 Å². The van der Waals surface area contributed by atoms with Crippen molar-refractivity contribution in [2.75, 3.05) is 51.1 Å². The largest absolute Gasteiger partial charge is 0.376 e. The molecule has 26 heavy (non-hydrogen) atoms. The lowest BCUT2D eigenvalue weighted by molar-refractivity contribution is 0.0785. The summed E-state index contributed by atoms with van der Waals surface area (Å²) < 4.78 is 0. The van der Waals surface area contributed by atoms with Crippen LogP contribution in [0.4, 0.5) is 11.6 Å². The van der Waals surface area contributed by atoms with Gasteiger partial charge in [0.25, 0.3) is 11.5 Å². The SMILES string of the molecule is CN(C)c1ccc(C(=O)N2CCC(c3cc(=O)[nH]c(N(C)C)n3)C2)nc1. The first kappa shape index (κ1) is 17.9. The van der Waals surface area contributed by atoms with Gasteiger partial charge in [0.2, 0.25) is 5.95 Å². The molecule has 1 fully saturated rings. The van der Waals surface area contributed by atoms with E-state index in [4.69, 9.17) is 0 Å². The molecule has 0 saturated carbocycles. The third kappa shape index (κ3) is 3.68. The molecule has 1 saturated heterocycles. The first-order valence-corrected chi connectivity index (χ1v) is 8.56. The summed E-state index contributed by atoms with van der Waals surface area (Å²) in [6, 6.07) is 5.16. The number of nitrogens with zero attached hydrogens (tertiary/aromatic N) is 5. The van der Waals surface area contributed by atoms with Gasteiger partial charge in [-0.2, -0.15) is 0 Å². The summed E-state index contributed by atoms with van der Waals surface area (Å²) in [6.07, 6.45) is 2.48. The van der Waals surface area contributed by atoms with E-state index in [1.807, 2.05) is 39.2 Å². The van der Waals surface area contributed by atoms with Crippen molar-refractivity contribution in [1.82, 2.24) is 19.9 Å². The van der Waals surface area contributed by atoms with E-state index < -0.39 is 0 Å². The van der Waals surface area contributed by atoms with Gasteiger partial charge in [-0.3, -0.25) is 14.6 Å². The summed E-state index contributed by atoms with van der Waals surface area (Å²) in [6.45, 7) is 1.17. The lowest BCUT2D eigenvalue weighted by atomic mass is 10.1. The molecular formula is C18H24N6O2. The van der Waals surface area contributed by atoms with E-state index in [2.05, 4.69) is 15.0 Å². The van der Waals surface area contributed by atoms with Gasteiger partial charge in [-0.25, -0.2) is 9.97 Å². The molecule has 2 aromatic heterocycles. The minimum Gasteiger partial charge on any atom is -0.376 e. The number of likely N-dealkylation sites (tertiary alicyclic amines) is 1. The monoisotopic (exact) mass is 356 g/mol. The topological polar surface area (TPSA) is 85.4 Å². The zero-order valence-corrected chi connectivity index (χ0v) is 15.6. The zero-order chi connectivity index (χ0) is 18.8. The van der Waals surface area contributed by atoms with Crippen LogP contribution in [0.2, 0.25) is 0 Å². The molecule has 1 N–H and O–H groups in total. The maximum absolute atomic E-state index is 12.7. The number of carbonyl (C=O) groups excluding carboxylic acids is 1. The highest BCUT2D eigenvalue weighted by Gasteiger charge is 2.30. The van der Waals surface area contributed by atoms with Crippen molar-refractivity contribution in [2.24, 2.45) is 0 Å². The normalized spacial score (nSPS) is 16.6. The molecule has 8 heteroatoms. The molecule has 1 atom stereocenters. The highest BCUT2D eigenvalue weighted by Crippen LogP contribution is 2.27. The molecule has 0 spiro atoms. The summed E-state index contributed by atoms with van der Waals surface area (Å²) >= 11 is 0. The van der Waals surface area contributed by atoms with Gasteiger partial charge in [-0.05, 0) is 18.6 Å². The number of rotatable bonds is 4. The summed E-state index contributed by atoms with van der Waals surface area (Å²) in [5.41, 5.74) is 1.93. The van der Waals surface area contributed by atoms with Crippen molar-refractivity contribution in [3.05, 3.63) is 46.1 Å². The molecule has 138 valence electrons. The third-order valence-electron chi connectivity index (χ3n) is 4.55. The van der Waals surface area contributed by atoms with Crippen LogP contribution < -0.4 is 15.4 Å². The van der Waals surface area contributed by atoms with E-state index in [1.165, 1.54) is 6.07 Å². The van der Waals surface area contributed by atoms with Crippen LogP contribution >= 0.6 is 0 Å². The lowest BCUT2D eigenvalue weighted by Gasteiger charge is -2.18. The fraction of sp³-hybridized carbons (Fsp3) is 0.444. The number of aromatic nitrogens is 3. The fourth-order valence-electron chi connectivity index (χ4n) is 3.01. The number of H-pyrrole nitrogens is 1. The van der Waals surface area contributed by atoms with Gasteiger partial charge in [-0.15, -0.1) is 0 Å². The number of amides is 1. The molecule has 0 aliphatic carbocycles. The van der Waals surface area contributed by atoms with Crippen molar-refractivity contribution in [2.45, 2.75) is 12.3 Å². The molecule has 1 aliphatic heterocycles. The predicted octanol–water partition coefficient (Wildman–Crippen LogP) is 0.927. The van der Waals surface area contributed by atoms with Gasteiger partial charge in [-0.1, -0.05) is 0 Å². The molecular weight excluding hydrogens is 332 g/mol. The van der Waals surface area contributed by atoms with E-state index in [0.29, 0.717) is 24.7 Å². The Morgan fingerprint density at radius 1 is 1.23 bits per heavy atom. The standard InChI is InChI=1S/C18H24N6O2/c1-22(2)13-5-6-14(19-10-13)17(26)24-8-7-12(11-24)15-9-16(25)21-18(20-15)23(3)4/h5-6,9-10,12H,7-8,11H2,1-4H3,(H,20,21,25). The minimum atomic E-state index is -0.176. The van der Waals surface area contributed by atoms with Crippen LogP contribution in [0.1, 0.15) is 28.5 Å². The zero-order valence-electron chi connectivity index (χ0n) is 15.6. The number of hydrogen-bond acceptors (Lipinski definition) is 6. The van der Waals surface area contributed by atoms with Crippen LogP contribution in [0.5, 0.6) is 0 Å². The van der Waals surface area contributed by atoms with E-state index in [9.17, 15) is 9.59 Å². The smallest absolute Gasteiger partial charge is 0.272 e. The van der Waals surface area contributed by atoms with Gasteiger partial charge in [0.05, 0.1) is 17.6 Å². The molecule has 0 bridgehead atoms. The Bertz CT molecular complexity index is 844. The Kier molecular flexibility index (Phi) is 4.92. The van der Waals surface area contributed by atoms with Gasteiger partial charge < -0.3 is 14.7 Å². The van der Waals surface area contributed by atoms with Crippen LogP contribution in [0.3, 0.4) is 0 Å². The number of aromatic amines is 1. The highest BCUT2D eigenvalue weighted by molar-refractivity contribution is 5.92. The third-order valence-corrected chi connectivity index (χ3v) is 4.55. The summed E-state index contributed by atoms with van der Waals surface area (Å²) in [5.74, 6) is 0.495. The molecule has 1 aliphatic rings. The second kappa shape index (κ2) is 7.15. The van der Waals surface area contributed by atoms with Gasteiger partial charge in [0, 0.05) is 53.3 Å². The van der Waals surface area contributed by atoms with Gasteiger partial charge >= 0.3 is 0 Å². The number of carbonyl (C=O) groups is 1. The second-order valence-electron chi connectivity index (χ2n) is 6.92. The average Bonchev–Trinajstić information content (AvgIpc) is 3.10. The Morgan fingerprint density at radius 2 is 2.00 bits per heavy atom. The molecule has 1 amide bonds. The lowest BCUT2D eigenvalue weighted by Crippen LogP contribution is -2.29. The molecule has 1 unspecified atom stereocenters. The highest BCUT2D eigenvalue weighted by atomic mass is 16.2. The van der Waals surface area contributed by atoms with Crippen molar-refractivity contribution in [3.63, 3.8) is 0 Å². The summed E-state index contributed by atoms with van der Waals surface area (Å²) in [4.78, 5) is 41.6. The van der Waals surface area contributed by atoms with Crippen LogP contribution in [0.25, 0.3) is 0 Å². The maximum Gasteiger partial charge on any atom is 0.272 e. The quantitative estimate of drug-likeness (QED) is 0.877. The Balaban J connectivity index is 1.74. The van der Waals surface area contributed by atoms with Gasteiger partial charge in [0.1, 0.15) is 5.69 Å². The summed E-state index contributed by atoms with van der Waals surface area (Å²) in [5, 5.41) is 0. The van der Waals surface area contributed by atoms with Crippen LogP contribution in [0, 0.1) is 0 Å². The Morgan fingerprint density at radius 3 is 2.62 bits per heavy atom. The second-order valence-corrected chi connectivity index (χ2v) is 6.92. The Hall–Kier alpha value is -2.90. The first-order valence-electron chi connectivity index (χ1n) is 8.56. The molecule has 3 rings (SSSR count). The first-order chi connectivity index (χ1) is 12.3. The van der Waals surface area contributed by atoms with Crippen molar-refractivity contribution in [1.29, 1.82) is 0 Å². The van der Waals surface area contributed by atoms with Crippen LogP contribution in [-0.2, 0) is 0 Å². The average molecular weight is 356 g/mol. The molecule has 2 aromatic rings. The fourth-order valence-corrected chi connectivity index (χ4v) is 3.01. The number of anilines is 2. The van der Waals surface area contributed by atoms with Crippen molar-refractivity contribution >= 4 is 17.5 Å². The van der Waals surface area contributed by atoms with Crippen molar-refractivity contribution < 1.29 is 4.79 Å². The van der Waals surface area contributed by atoms with Crippen molar-refractivity contribution in [3.8, 4) is 0 Å². The van der Waals surface area contributed by atoms with E-state index in [1.54, 1.807) is 22.1 Å². The predicted molar refractivity (Wildman–Crippen MR) is 101 cm³/mol. The molecule has 8 nitrogen and oxygen atoms in total. The van der Waals surface area contributed by atoms with Crippen LogP contribution in [0.15, 0.2) is 29.2 Å². The number of nitrogens with one attached hydrogen (secondary N) is 1. The maximum atomic E-state index is 12.7. The van der Waals surface area contributed by atoms with E-state index in [-0.39, 0.29) is 17.4 Å². The van der Waals surface area contributed by atoms with E-state index >= 15 is 0 Å².